The van der Waals surface area contributed by atoms with E-state index in [1.54, 1.807) is 4.68 Å². The Balaban J connectivity index is 1.85. The van der Waals surface area contributed by atoms with Crippen molar-refractivity contribution in [3.8, 4) is 0 Å². The van der Waals surface area contributed by atoms with Crippen LogP contribution in [0, 0.1) is 0 Å². The third kappa shape index (κ3) is 2.62. The van der Waals surface area contributed by atoms with Gasteiger partial charge in [-0.15, -0.1) is 0 Å². The Bertz CT molecular complexity index is 556. The van der Waals surface area contributed by atoms with Crippen molar-refractivity contribution >= 4 is 15.8 Å². The Morgan fingerprint density at radius 3 is 2.53 bits per heavy atom. The van der Waals surface area contributed by atoms with E-state index in [4.69, 9.17) is 5.73 Å². The second-order valence-electron chi connectivity index (χ2n) is 5.53. The molecular formula is C12H20N4O2S. The fourth-order valence-corrected chi connectivity index (χ4v) is 4.02. The Morgan fingerprint density at radius 1 is 1.21 bits per heavy atom. The van der Waals surface area contributed by atoms with Gasteiger partial charge in [-0.25, -0.2) is 17.8 Å². The van der Waals surface area contributed by atoms with Gasteiger partial charge >= 0.3 is 0 Å². The third-order valence-corrected chi connectivity index (χ3v) is 5.45. The molecule has 2 fully saturated rings. The molecule has 0 radical (unpaired) electrons. The molecule has 1 aromatic heterocycles. The van der Waals surface area contributed by atoms with Crippen LogP contribution in [0.5, 0.6) is 0 Å². The number of rotatable bonds is 4. The molecule has 6 nitrogen and oxygen atoms in total. The van der Waals surface area contributed by atoms with Crippen LogP contribution < -0.4 is 10.5 Å². The van der Waals surface area contributed by atoms with Crippen LogP contribution in [-0.2, 0) is 10.0 Å². The number of aromatic nitrogens is 2. The molecule has 7 heteroatoms. The lowest BCUT2D eigenvalue weighted by molar-refractivity contribution is 0.333. The number of nitrogens with zero attached hydrogens (tertiary/aromatic N) is 2. The van der Waals surface area contributed by atoms with Crippen LogP contribution in [-0.4, -0.2) is 24.2 Å². The van der Waals surface area contributed by atoms with Crippen molar-refractivity contribution in [1.82, 2.24) is 14.5 Å². The van der Waals surface area contributed by atoms with Crippen LogP contribution in [0.25, 0.3) is 0 Å². The second kappa shape index (κ2) is 4.79. The minimum atomic E-state index is -3.50. The summed E-state index contributed by atoms with van der Waals surface area (Å²) in [5.41, 5.74) is 6.00. The molecule has 3 N–H and O–H groups in total. The van der Waals surface area contributed by atoms with Crippen molar-refractivity contribution in [2.24, 2.45) is 0 Å². The topological polar surface area (TPSA) is 90.0 Å². The molecule has 0 aromatic carbocycles. The molecule has 2 aliphatic carbocycles. The second-order valence-corrected chi connectivity index (χ2v) is 7.21. The van der Waals surface area contributed by atoms with Crippen LogP contribution in [0.4, 0.5) is 5.82 Å². The van der Waals surface area contributed by atoms with Gasteiger partial charge in [-0.05, 0) is 25.7 Å². The van der Waals surface area contributed by atoms with Gasteiger partial charge in [0.05, 0.1) is 12.2 Å². The lowest BCUT2D eigenvalue weighted by atomic mass is 9.96. The molecule has 2 aliphatic rings. The van der Waals surface area contributed by atoms with Crippen LogP contribution in [0.2, 0.25) is 0 Å². The highest BCUT2D eigenvalue weighted by molar-refractivity contribution is 7.89. The van der Waals surface area contributed by atoms with Crippen molar-refractivity contribution in [3.63, 3.8) is 0 Å². The predicted octanol–water partition coefficient (Wildman–Crippen LogP) is 1.41. The zero-order valence-electron chi connectivity index (χ0n) is 10.9. The van der Waals surface area contributed by atoms with Gasteiger partial charge in [0.15, 0.2) is 0 Å². The quantitative estimate of drug-likeness (QED) is 0.874. The predicted molar refractivity (Wildman–Crippen MR) is 72.1 cm³/mol. The van der Waals surface area contributed by atoms with Crippen molar-refractivity contribution in [3.05, 3.63) is 6.20 Å². The highest BCUT2D eigenvalue weighted by Crippen LogP contribution is 2.32. The van der Waals surface area contributed by atoms with E-state index in [-0.39, 0.29) is 22.8 Å². The molecule has 19 heavy (non-hydrogen) atoms. The van der Waals surface area contributed by atoms with Crippen molar-refractivity contribution in [2.45, 2.75) is 61.9 Å². The molecule has 1 heterocycles. The van der Waals surface area contributed by atoms with E-state index in [0.717, 1.165) is 38.5 Å². The first-order valence-electron chi connectivity index (χ1n) is 6.93. The molecule has 0 saturated heterocycles. The minimum absolute atomic E-state index is 0.0856. The summed E-state index contributed by atoms with van der Waals surface area (Å²) in [4.78, 5) is 0.130. The molecular weight excluding hydrogens is 264 g/mol. The van der Waals surface area contributed by atoms with E-state index in [1.807, 2.05) is 0 Å². The molecule has 1 aromatic rings. The molecule has 0 unspecified atom stereocenters. The summed E-state index contributed by atoms with van der Waals surface area (Å²) in [5.74, 6) is 0.278. The Labute approximate surface area is 113 Å². The fourth-order valence-electron chi connectivity index (χ4n) is 2.66. The average Bonchev–Trinajstić information content (AvgIpc) is 3.09. The molecule has 0 bridgehead atoms. The van der Waals surface area contributed by atoms with E-state index >= 15 is 0 Å². The lowest BCUT2D eigenvalue weighted by Crippen LogP contribution is -2.26. The highest BCUT2D eigenvalue weighted by Gasteiger charge is 2.31. The molecule has 106 valence electrons. The maximum absolute atomic E-state index is 12.2. The van der Waals surface area contributed by atoms with Gasteiger partial charge in [-0.1, -0.05) is 19.3 Å². The van der Waals surface area contributed by atoms with Crippen LogP contribution in [0.3, 0.4) is 0 Å². The van der Waals surface area contributed by atoms with E-state index < -0.39 is 10.0 Å². The summed E-state index contributed by atoms with van der Waals surface area (Å²) < 4.78 is 28.6. The van der Waals surface area contributed by atoms with Gasteiger partial charge < -0.3 is 5.73 Å². The Kier molecular flexibility index (Phi) is 3.26. The lowest BCUT2D eigenvalue weighted by Gasteiger charge is -2.22. The molecule has 0 aliphatic heterocycles. The molecule has 3 rings (SSSR count). The summed E-state index contributed by atoms with van der Waals surface area (Å²) in [6.07, 6.45) is 8.83. The maximum Gasteiger partial charge on any atom is 0.246 e. The summed E-state index contributed by atoms with van der Waals surface area (Å²) >= 11 is 0. The van der Waals surface area contributed by atoms with E-state index in [9.17, 15) is 8.42 Å². The van der Waals surface area contributed by atoms with Crippen molar-refractivity contribution in [1.29, 1.82) is 0 Å². The molecule has 0 atom stereocenters. The smallest absolute Gasteiger partial charge is 0.246 e. The van der Waals surface area contributed by atoms with Gasteiger partial charge in [0.25, 0.3) is 0 Å². The first-order chi connectivity index (χ1) is 9.08. The molecule has 2 saturated carbocycles. The van der Waals surface area contributed by atoms with Gasteiger partial charge in [-0.2, -0.15) is 5.10 Å². The number of anilines is 1. The number of hydrogen-bond acceptors (Lipinski definition) is 4. The van der Waals surface area contributed by atoms with Crippen molar-refractivity contribution < 1.29 is 8.42 Å². The number of sulfonamides is 1. The van der Waals surface area contributed by atoms with E-state index in [0.29, 0.717) is 0 Å². The van der Waals surface area contributed by atoms with E-state index in [1.165, 1.54) is 12.6 Å². The fraction of sp³-hybridized carbons (Fsp3) is 0.750. The van der Waals surface area contributed by atoms with Gasteiger partial charge in [0.2, 0.25) is 10.0 Å². The Morgan fingerprint density at radius 2 is 1.89 bits per heavy atom. The standard InChI is InChI=1S/C12H20N4O2S/c13-12-11(19(17,18)15-9-6-7-9)8-14-16(12)10-4-2-1-3-5-10/h8-10,15H,1-7,13H2. The zero-order valence-corrected chi connectivity index (χ0v) is 11.7. The largest absolute Gasteiger partial charge is 0.383 e. The first kappa shape index (κ1) is 12.9. The number of nitrogens with one attached hydrogen (secondary N) is 1. The summed E-state index contributed by atoms with van der Waals surface area (Å²) in [6, 6.07) is 0.334. The van der Waals surface area contributed by atoms with Gasteiger partial charge in [-0.3, -0.25) is 0 Å². The van der Waals surface area contributed by atoms with Gasteiger partial charge in [0.1, 0.15) is 10.7 Å². The zero-order chi connectivity index (χ0) is 13.5. The minimum Gasteiger partial charge on any atom is -0.383 e. The molecule has 0 amide bonds. The summed E-state index contributed by atoms with van der Waals surface area (Å²) in [6.45, 7) is 0. The summed E-state index contributed by atoms with van der Waals surface area (Å²) in [7, 11) is -3.50. The van der Waals surface area contributed by atoms with Crippen LogP contribution in [0.15, 0.2) is 11.1 Å². The van der Waals surface area contributed by atoms with Crippen LogP contribution in [0.1, 0.15) is 51.0 Å². The molecule has 0 spiro atoms. The normalized spacial score (nSPS) is 21.7. The number of nitrogens with two attached hydrogens (primary N) is 1. The third-order valence-electron chi connectivity index (χ3n) is 3.91. The van der Waals surface area contributed by atoms with Gasteiger partial charge in [0, 0.05) is 6.04 Å². The Hall–Kier alpha value is -1.08. The SMILES string of the molecule is Nc1c(S(=O)(=O)NC2CC2)cnn1C1CCCCC1. The van der Waals surface area contributed by atoms with E-state index in [2.05, 4.69) is 9.82 Å². The average molecular weight is 284 g/mol. The monoisotopic (exact) mass is 284 g/mol. The number of hydrogen-bond donors (Lipinski definition) is 2. The maximum atomic E-state index is 12.2. The number of nitrogen functional groups attached to an aromatic ring is 1. The summed E-state index contributed by atoms with van der Waals surface area (Å²) in [5, 5.41) is 4.21. The highest BCUT2D eigenvalue weighted by atomic mass is 32.2. The first-order valence-corrected chi connectivity index (χ1v) is 8.41. The van der Waals surface area contributed by atoms with Crippen LogP contribution >= 0.6 is 0 Å². The van der Waals surface area contributed by atoms with Crippen molar-refractivity contribution in [2.75, 3.05) is 5.73 Å².